The molecule has 84 valence electrons. The largest absolute Gasteiger partial charge is 0.365 e. The van der Waals surface area contributed by atoms with Gasteiger partial charge in [0.25, 0.3) is 5.95 Å². The zero-order chi connectivity index (χ0) is 10.7. The van der Waals surface area contributed by atoms with Crippen LogP contribution in [-0.2, 0) is 0 Å². The maximum Gasteiger partial charge on any atom is 0.260 e. The average Bonchev–Trinajstić information content (AvgIpc) is 2.81. The first kappa shape index (κ1) is 10.4. The highest BCUT2D eigenvalue weighted by molar-refractivity contribution is 5.14. The molecule has 5 nitrogen and oxygen atoms in total. The molecule has 2 aliphatic carbocycles. The minimum atomic E-state index is 0.247. The van der Waals surface area contributed by atoms with Crippen molar-refractivity contribution in [2.45, 2.75) is 50.5 Å². The lowest BCUT2D eigenvalue weighted by molar-refractivity contribution is 0.380. The molecule has 3 rings (SSSR count). The van der Waals surface area contributed by atoms with Gasteiger partial charge in [-0.1, -0.05) is 12.8 Å². The van der Waals surface area contributed by atoms with E-state index >= 15 is 0 Å². The molecule has 0 bridgehead atoms. The summed E-state index contributed by atoms with van der Waals surface area (Å²) in [4.78, 5) is 3.87. The molecule has 0 spiro atoms. The van der Waals surface area contributed by atoms with Gasteiger partial charge in [-0.15, -0.1) is 0 Å². The second kappa shape index (κ2) is 4.61. The van der Waals surface area contributed by atoms with Crippen molar-refractivity contribution >= 4 is 5.95 Å². The van der Waals surface area contributed by atoms with E-state index in [2.05, 4.69) is 10.1 Å². The number of nitrogen functional groups attached to an aromatic ring is 1. The van der Waals surface area contributed by atoms with Crippen LogP contribution < -0.4 is 11.5 Å². The first-order chi connectivity index (χ1) is 7.25. The predicted octanol–water partition coefficient (Wildman–Crippen LogP) is 1.42. The fourth-order valence-electron chi connectivity index (χ4n) is 1.70. The summed E-state index contributed by atoms with van der Waals surface area (Å²) in [5.41, 5.74) is 10.8. The number of anilines is 1. The van der Waals surface area contributed by atoms with Gasteiger partial charge in [-0.2, -0.15) is 4.98 Å². The Kier molecular flexibility index (Phi) is 3.20. The van der Waals surface area contributed by atoms with E-state index in [1.165, 1.54) is 38.5 Å². The Bertz CT molecular complexity index is 302. The molecule has 0 amide bonds. The van der Waals surface area contributed by atoms with Crippen molar-refractivity contribution < 1.29 is 4.52 Å². The highest BCUT2D eigenvalue weighted by Gasteiger charge is 2.29. The maximum absolute atomic E-state index is 5.53. The van der Waals surface area contributed by atoms with Crippen molar-refractivity contribution in [2.24, 2.45) is 5.73 Å². The van der Waals surface area contributed by atoms with Crippen molar-refractivity contribution in [3.63, 3.8) is 0 Å². The van der Waals surface area contributed by atoms with Crippen LogP contribution in [0.3, 0.4) is 0 Å². The van der Waals surface area contributed by atoms with Gasteiger partial charge in [-0.25, -0.2) is 0 Å². The van der Waals surface area contributed by atoms with Crippen LogP contribution in [0.15, 0.2) is 4.52 Å². The second-order valence-electron chi connectivity index (χ2n) is 4.31. The van der Waals surface area contributed by atoms with E-state index in [9.17, 15) is 0 Å². The first-order valence-corrected chi connectivity index (χ1v) is 5.60. The van der Waals surface area contributed by atoms with Crippen LogP contribution in [0.25, 0.3) is 0 Å². The SMILES string of the molecule is NC1CCCC1.Nc1noc(C2CC2)n1. The van der Waals surface area contributed by atoms with Gasteiger partial charge in [0.05, 0.1) is 0 Å². The van der Waals surface area contributed by atoms with Gasteiger partial charge in [0.15, 0.2) is 0 Å². The Morgan fingerprint density at radius 3 is 2.13 bits per heavy atom. The number of hydrogen-bond donors (Lipinski definition) is 2. The zero-order valence-corrected chi connectivity index (χ0v) is 8.85. The Morgan fingerprint density at radius 2 is 1.80 bits per heavy atom. The van der Waals surface area contributed by atoms with Gasteiger partial charge in [-0.05, 0) is 30.8 Å². The van der Waals surface area contributed by atoms with E-state index in [0.29, 0.717) is 17.9 Å². The van der Waals surface area contributed by atoms with E-state index in [0.717, 1.165) is 0 Å². The monoisotopic (exact) mass is 210 g/mol. The van der Waals surface area contributed by atoms with Crippen molar-refractivity contribution in [1.82, 2.24) is 10.1 Å². The minimum Gasteiger partial charge on any atom is -0.365 e. The predicted molar refractivity (Wildman–Crippen MR) is 57.1 cm³/mol. The molecule has 5 heteroatoms. The normalized spacial score (nSPS) is 21.1. The van der Waals surface area contributed by atoms with Gasteiger partial charge in [0, 0.05) is 12.0 Å². The summed E-state index contributed by atoms with van der Waals surface area (Å²) in [5, 5.41) is 3.47. The summed E-state index contributed by atoms with van der Waals surface area (Å²) in [7, 11) is 0. The maximum atomic E-state index is 5.53. The number of rotatable bonds is 1. The Morgan fingerprint density at radius 1 is 1.13 bits per heavy atom. The van der Waals surface area contributed by atoms with Crippen LogP contribution in [0, 0.1) is 0 Å². The lowest BCUT2D eigenvalue weighted by Gasteiger charge is -1.92. The standard InChI is InChI=1S/C5H7N3O.C5H11N/c6-5-7-4(9-8-5)3-1-2-3;6-5-3-1-2-4-5/h3H,1-2H2,(H2,6,8);5H,1-4,6H2. The zero-order valence-electron chi connectivity index (χ0n) is 8.85. The second-order valence-corrected chi connectivity index (χ2v) is 4.31. The summed E-state index contributed by atoms with van der Waals surface area (Å²) in [6, 6.07) is 0.546. The highest BCUT2D eigenvalue weighted by Crippen LogP contribution is 2.38. The summed E-state index contributed by atoms with van der Waals surface area (Å²) in [6.07, 6.45) is 7.59. The molecule has 1 aromatic heterocycles. The quantitative estimate of drug-likeness (QED) is 0.731. The van der Waals surface area contributed by atoms with E-state index in [-0.39, 0.29) is 5.95 Å². The molecular weight excluding hydrogens is 192 g/mol. The molecule has 15 heavy (non-hydrogen) atoms. The fraction of sp³-hybridized carbons (Fsp3) is 0.800. The van der Waals surface area contributed by atoms with Crippen LogP contribution in [0.4, 0.5) is 5.95 Å². The lowest BCUT2D eigenvalue weighted by atomic mass is 10.3. The van der Waals surface area contributed by atoms with Crippen molar-refractivity contribution in [3.8, 4) is 0 Å². The lowest BCUT2D eigenvalue weighted by Crippen LogP contribution is -2.13. The third kappa shape index (κ3) is 3.20. The summed E-state index contributed by atoms with van der Waals surface area (Å²) in [5.74, 6) is 1.46. The molecular formula is C10H18N4O. The van der Waals surface area contributed by atoms with Crippen LogP contribution in [0.1, 0.15) is 50.3 Å². The van der Waals surface area contributed by atoms with Gasteiger partial charge in [0.2, 0.25) is 5.89 Å². The van der Waals surface area contributed by atoms with Crippen molar-refractivity contribution in [1.29, 1.82) is 0 Å². The van der Waals surface area contributed by atoms with Crippen molar-refractivity contribution in [3.05, 3.63) is 5.89 Å². The number of aromatic nitrogens is 2. The Balaban J connectivity index is 0.000000124. The molecule has 0 radical (unpaired) electrons. The molecule has 0 unspecified atom stereocenters. The topological polar surface area (TPSA) is 91.0 Å². The fourth-order valence-corrected chi connectivity index (χ4v) is 1.70. The highest BCUT2D eigenvalue weighted by atomic mass is 16.5. The number of hydrogen-bond acceptors (Lipinski definition) is 5. The van der Waals surface area contributed by atoms with Crippen molar-refractivity contribution in [2.75, 3.05) is 5.73 Å². The number of nitrogens with two attached hydrogens (primary N) is 2. The minimum absolute atomic E-state index is 0.247. The molecule has 2 aliphatic rings. The Labute approximate surface area is 89.2 Å². The van der Waals surface area contributed by atoms with E-state index in [4.69, 9.17) is 16.0 Å². The van der Waals surface area contributed by atoms with Gasteiger partial charge < -0.3 is 16.0 Å². The molecule has 0 saturated heterocycles. The third-order valence-corrected chi connectivity index (χ3v) is 2.78. The third-order valence-electron chi connectivity index (χ3n) is 2.78. The summed E-state index contributed by atoms with van der Waals surface area (Å²) < 4.78 is 4.80. The molecule has 0 aromatic carbocycles. The van der Waals surface area contributed by atoms with Crippen LogP contribution in [0.2, 0.25) is 0 Å². The molecule has 2 saturated carbocycles. The molecule has 1 heterocycles. The van der Waals surface area contributed by atoms with E-state index in [1.54, 1.807) is 0 Å². The molecule has 4 N–H and O–H groups in total. The number of nitrogens with zero attached hydrogens (tertiary/aromatic N) is 2. The van der Waals surface area contributed by atoms with Crippen LogP contribution in [-0.4, -0.2) is 16.2 Å². The smallest absolute Gasteiger partial charge is 0.260 e. The average molecular weight is 210 g/mol. The molecule has 1 aromatic rings. The summed E-state index contributed by atoms with van der Waals surface area (Å²) in [6.45, 7) is 0. The van der Waals surface area contributed by atoms with Crippen LogP contribution in [0.5, 0.6) is 0 Å². The Hall–Kier alpha value is -1.10. The molecule has 0 aliphatic heterocycles. The van der Waals surface area contributed by atoms with Gasteiger partial charge >= 0.3 is 0 Å². The van der Waals surface area contributed by atoms with E-state index < -0.39 is 0 Å². The van der Waals surface area contributed by atoms with Gasteiger partial charge in [0.1, 0.15) is 0 Å². The molecule has 0 atom stereocenters. The first-order valence-electron chi connectivity index (χ1n) is 5.60. The molecule has 2 fully saturated rings. The summed E-state index contributed by atoms with van der Waals surface area (Å²) >= 11 is 0. The van der Waals surface area contributed by atoms with Gasteiger partial charge in [-0.3, -0.25) is 0 Å². The van der Waals surface area contributed by atoms with Crippen LogP contribution >= 0.6 is 0 Å². The van der Waals surface area contributed by atoms with E-state index in [1.807, 2.05) is 0 Å².